The van der Waals surface area contributed by atoms with Crippen LogP contribution in [0.5, 0.6) is 0 Å². The molecule has 1 aliphatic carbocycles. The van der Waals surface area contributed by atoms with Crippen molar-refractivity contribution in [3.05, 3.63) is 34.9 Å². The lowest BCUT2D eigenvalue weighted by atomic mass is 10.0. The van der Waals surface area contributed by atoms with Gasteiger partial charge in [-0.3, -0.25) is 0 Å². The summed E-state index contributed by atoms with van der Waals surface area (Å²) in [7, 11) is 0. The molecular formula is C11H13ClFN. The van der Waals surface area contributed by atoms with Gasteiger partial charge in [0.25, 0.3) is 0 Å². The van der Waals surface area contributed by atoms with Gasteiger partial charge in [-0.15, -0.1) is 0 Å². The summed E-state index contributed by atoms with van der Waals surface area (Å²) in [6.45, 7) is 0. The molecule has 2 N–H and O–H groups in total. The summed E-state index contributed by atoms with van der Waals surface area (Å²) in [5.74, 6) is 0. The molecule has 0 amide bonds. The summed E-state index contributed by atoms with van der Waals surface area (Å²) in [5, 5.41) is 0.490. The molecule has 0 spiro atoms. The fraction of sp³-hybridized carbons (Fsp3) is 0.455. The first-order chi connectivity index (χ1) is 6.61. The SMILES string of the molecule is NC1(CC(F)c2ccccc2Cl)CC1. The molecule has 0 aromatic heterocycles. The van der Waals surface area contributed by atoms with Gasteiger partial charge < -0.3 is 5.73 Å². The minimum Gasteiger partial charge on any atom is -0.325 e. The Hall–Kier alpha value is -0.600. The van der Waals surface area contributed by atoms with Crippen LogP contribution in [0, 0.1) is 0 Å². The minimum atomic E-state index is -1.03. The van der Waals surface area contributed by atoms with Gasteiger partial charge in [0.05, 0.1) is 0 Å². The Labute approximate surface area is 88.1 Å². The maximum absolute atomic E-state index is 13.8. The van der Waals surface area contributed by atoms with E-state index in [1.807, 2.05) is 0 Å². The lowest BCUT2D eigenvalue weighted by Crippen LogP contribution is -2.23. The molecule has 0 bridgehead atoms. The molecule has 1 aromatic rings. The third-order valence-corrected chi connectivity index (χ3v) is 3.06. The second-order valence-electron chi connectivity index (χ2n) is 4.06. The summed E-state index contributed by atoms with van der Waals surface area (Å²) in [5.41, 5.74) is 6.15. The van der Waals surface area contributed by atoms with Crippen molar-refractivity contribution in [2.24, 2.45) is 5.73 Å². The predicted molar refractivity (Wildman–Crippen MR) is 56.1 cm³/mol. The number of nitrogens with two attached hydrogens (primary N) is 1. The highest BCUT2D eigenvalue weighted by molar-refractivity contribution is 6.31. The van der Waals surface area contributed by atoms with Gasteiger partial charge in [0, 0.05) is 22.5 Å². The topological polar surface area (TPSA) is 26.0 Å². The number of hydrogen-bond acceptors (Lipinski definition) is 1. The molecule has 3 heteroatoms. The molecule has 14 heavy (non-hydrogen) atoms. The van der Waals surface area contributed by atoms with E-state index in [2.05, 4.69) is 0 Å². The van der Waals surface area contributed by atoms with Crippen LogP contribution in [0.3, 0.4) is 0 Å². The molecule has 1 atom stereocenters. The molecule has 0 saturated heterocycles. The molecule has 1 aromatic carbocycles. The Kier molecular flexibility index (Phi) is 2.50. The second kappa shape index (κ2) is 3.52. The largest absolute Gasteiger partial charge is 0.325 e. The van der Waals surface area contributed by atoms with Gasteiger partial charge in [0.1, 0.15) is 6.17 Å². The van der Waals surface area contributed by atoms with Gasteiger partial charge in [-0.1, -0.05) is 29.8 Å². The second-order valence-corrected chi connectivity index (χ2v) is 4.46. The van der Waals surface area contributed by atoms with E-state index in [9.17, 15) is 4.39 Å². The summed E-state index contributed by atoms with van der Waals surface area (Å²) in [6, 6.07) is 7.02. The lowest BCUT2D eigenvalue weighted by molar-refractivity contribution is 0.296. The van der Waals surface area contributed by atoms with Crippen LogP contribution < -0.4 is 5.73 Å². The fourth-order valence-corrected chi connectivity index (χ4v) is 1.81. The highest BCUT2D eigenvalue weighted by Gasteiger charge is 2.40. The van der Waals surface area contributed by atoms with Crippen molar-refractivity contribution in [1.29, 1.82) is 0 Å². The van der Waals surface area contributed by atoms with Crippen LogP contribution in [0.4, 0.5) is 4.39 Å². The highest BCUT2D eigenvalue weighted by atomic mass is 35.5. The van der Waals surface area contributed by atoms with Gasteiger partial charge in [0.15, 0.2) is 0 Å². The van der Waals surface area contributed by atoms with Crippen molar-refractivity contribution in [1.82, 2.24) is 0 Å². The Morgan fingerprint density at radius 2 is 2.07 bits per heavy atom. The van der Waals surface area contributed by atoms with Gasteiger partial charge in [0.2, 0.25) is 0 Å². The number of hydrogen-bond donors (Lipinski definition) is 1. The zero-order valence-corrected chi connectivity index (χ0v) is 8.60. The summed E-state index contributed by atoms with van der Waals surface area (Å²) < 4.78 is 13.8. The van der Waals surface area contributed by atoms with Crippen LogP contribution in [0.15, 0.2) is 24.3 Å². The number of rotatable bonds is 3. The Morgan fingerprint density at radius 1 is 1.43 bits per heavy atom. The van der Waals surface area contributed by atoms with Crippen molar-refractivity contribution >= 4 is 11.6 Å². The quantitative estimate of drug-likeness (QED) is 0.820. The number of benzene rings is 1. The van der Waals surface area contributed by atoms with Crippen molar-refractivity contribution < 1.29 is 4.39 Å². The monoisotopic (exact) mass is 213 g/mol. The first-order valence-corrected chi connectivity index (χ1v) is 5.16. The molecule has 1 saturated carbocycles. The molecule has 1 aliphatic rings. The zero-order valence-electron chi connectivity index (χ0n) is 7.84. The molecule has 0 heterocycles. The van der Waals surface area contributed by atoms with Gasteiger partial charge >= 0.3 is 0 Å². The van der Waals surface area contributed by atoms with E-state index in [-0.39, 0.29) is 5.54 Å². The normalized spacial score (nSPS) is 20.5. The molecule has 1 nitrogen and oxygen atoms in total. The smallest absolute Gasteiger partial charge is 0.128 e. The van der Waals surface area contributed by atoms with Crippen LogP contribution in [0.2, 0.25) is 5.02 Å². The third-order valence-electron chi connectivity index (χ3n) is 2.72. The first kappa shape index (κ1) is 9.94. The molecule has 1 fully saturated rings. The molecule has 2 rings (SSSR count). The van der Waals surface area contributed by atoms with E-state index in [4.69, 9.17) is 17.3 Å². The van der Waals surface area contributed by atoms with Gasteiger partial charge in [-0.25, -0.2) is 4.39 Å². The lowest BCUT2D eigenvalue weighted by Gasteiger charge is -2.14. The highest BCUT2D eigenvalue weighted by Crippen LogP contribution is 2.42. The maximum Gasteiger partial charge on any atom is 0.128 e. The minimum absolute atomic E-state index is 0.265. The van der Waals surface area contributed by atoms with Crippen LogP contribution in [0.25, 0.3) is 0 Å². The van der Waals surface area contributed by atoms with E-state index >= 15 is 0 Å². The van der Waals surface area contributed by atoms with Crippen molar-refractivity contribution in [3.63, 3.8) is 0 Å². The average molecular weight is 214 g/mol. The van der Waals surface area contributed by atoms with Crippen LogP contribution in [-0.2, 0) is 0 Å². The number of halogens is 2. The van der Waals surface area contributed by atoms with Gasteiger partial charge in [-0.2, -0.15) is 0 Å². The summed E-state index contributed by atoms with van der Waals surface area (Å²) in [4.78, 5) is 0. The van der Waals surface area contributed by atoms with E-state index in [0.717, 1.165) is 12.8 Å². The molecule has 76 valence electrons. The Bertz CT molecular complexity index is 336. The molecule has 0 radical (unpaired) electrons. The zero-order chi connectivity index (χ0) is 10.2. The van der Waals surface area contributed by atoms with Crippen molar-refractivity contribution in [2.45, 2.75) is 31.0 Å². The molecule has 1 unspecified atom stereocenters. The third kappa shape index (κ3) is 2.07. The standard InChI is InChI=1S/C11H13ClFN/c12-9-4-2-1-3-8(9)10(13)7-11(14)5-6-11/h1-4,10H,5-7,14H2. The van der Waals surface area contributed by atoms with Crippen LogP contribution in [-0.4, -0.2) is 5.54 Å². The van der Waals surface area contributed by atoms with Crippen LogP contribution in [0.1, 0.15) is 31.0 Å². The van der Waals surface area contributed by atoms with E-state index < -0.39 is 6.17 Å². The van der Waals surface area contributed by atoms with Crippen molar-refractivity contribution in [3.8, 4) is 0 Å². The average Bonchev–Trinajstić information content (AvgIpc) is 2.84. The molecule has 0 aliphatic heterocycles. The van der Waals surface area contributed by atoms with Gasteiger partial charge in [-0.05, 0) is 18.9 Å². The Balaban J connectivity index is 2.10. The van der Waals surface area contributed by atoms with Crippen LogP contribution >= 0.6 is 11.6 Å². The molecular weight excluding hydrogens is 201 g/mol. The summed E-state index contributed by atoms with van der Waals surface area (Å²) in [6.07, 6.45) is 1.21. The first-order valence-electron chi connectivity index (χ1n) is 4.78. The summed E-state index contributed by atoms with van der Waals surface area (Å²) >= 11 is 5.89. The maximum atomic E-state index is 13.8. The fourth-order valence-electron chi connectivity index (χ4n) is 1.56. The van der Waals surface area contributed by atoms with Crippen molar-refractivity contribution in [2.75, 3.05) is 0 Å². The Morgan fingerprint density at radius 3 is 2.64 bits per heavy atom. The predicted octanol–water partition coefficient (Wildman–Crippen LogP) is 3.23. The van der Waals surface area contributed by atoms with E-state index in [1.54, 1.807) is 24.3 Å². The van der Waals surface area contributed by atoms with E-state index in [1.165, 1.54) is 0 Å². The van der Waals surface area contributed by atoms with E-state index in [0.29, 0.717) is 17.0 Å². The number of alkyl halides is 1.